The Labute approximate surface area is 159 Å². The summed E-state index contributed by atoms with van der Waals surface area (Å²) < 4.78 is 39.2. The lowest BCUT2D eigenvalue weighted by atomic mass is 9.79. The fourth-order valence-electron chi connectivity index (χ4n) is 5.04. The van der Waals surface area contributed by atoms with Crippen molar-refractivity contribution in [3.8, 4) is 0 Å². The number of carbonyl (C=O) groups excluding carboxylic acids is 2. The average Bonchev–Trinajstić information content (AvgIpc) is 3.33. The maximum absolute atomic E-state index is 13.1. The molecule has 1 saturated heterocycles. The second-order valence-electron chi connectivity index (χ2n) is 7.61. The molecule has 2 aromatic rings. The topological polar surface area (TPSA) is 37.4 Å². The van der Waals surface area contributed by atoms with E-state index < -0.39 is 23.6 Å². The first-order valence-corrected chi connectivity index (χ1v) is 9.18. The highest BCUT2D eigenvalue weighted by atomic mass is 19.4. The molecule has 0 aromatic heterocycles. The number of amides is 2. The highest BCUT2D eigenvalue weighted by molar-refractivity contribution is 6.23. The lowest BCUT2D eigenvalue weighted by molar-refractivity contribution is -0.137. The van der Waals surface area contributed by atoms with Crippen molar-refractivity contribution in [1.29, 1.82) is 0 Å². The lowest BCUT2D eigenvalue weighted by Crippen LogP contribution is -2.33. The van der Waals surface area contributed by atoms with E-state index >= 15 is 0 Å². The van der Waals surface area contributed by atoms with Crippen molar-refractivity contribution in [2.75, 3.05) is 4.90 Å². The molecule has 3 aliphatic rings. The van der Waals surface area contributed by atoms with E-state index in [1.807, 2.05) is 30.3 Å². The van der Waals surface area contributed by atoms with Crippen molar-refractivity contribution < 1.29 is 22.8 Å². The first-order chi connectivity index (χ1) is 13.4. The van der Waals surface area contributed by atoms with Crippen molar-refractivity contribution >= 4 is 23.1 Å². The zero-order chi connectivity index (χ0) is 19.6. The number of alkyl halides is 3. The van der Waals surface area contributed by atoms with Crippen LogP contribution in [0.15, 0.2) is 60.7 Å². The summed E-state index contributed by atoms with van der Waals surface area (Å²) in [6, 6.07) is 14.2. The van der Waals surface area contributed by atoms with Crippen molar-refractivity contribution in [2.45, 2.75) is 12.6 Å². The molecule has 6 heteroatoms. The van der Waals surface area contributed by atoms with Crippen LogP contribution >= 0.6 is 0 Å². The van der Waals surface area contributed by atoms with Gasteiger partial charge >= 0.3 is 6.18 Å². The van der Waals surface area contributed by atoms with Gasteiger partial charge in [-0.3, -0.25) is 14.5 Å². The minimum absolute atomic E-state index is 0.000105. The predicted molar refractivity (Wildman–Crippen MR) is 96.9 cm³/mol. The summed E-state index contributed by atoms with van der Waals surface area (Å²) in [4.78, 5) is 27.1. The molecule has 28 heavy (non-hydrogen) atoms. The molecule has 0 radical (unpaired) electrons. The Kier molecular flexibility index (Phi) is 3.57. The molecular weight excluding hydrogens is 367 g/mol. The molecule has 1 saturated carbocycles. The SMILES string of the molecule is O=C1[C@@H]2[C@H](C(=O)N1c1cccc(C(F)(F)F)c1)[C@H]1C[C@@H]2C=C1c1ccccc1. The molecule has 0 unspecified atom stereocenters. The molecule has 3 nitrogen and oxygen atoms in total. The van der Waals surface area contributed by atoms with Gasteiger partial charge in [-0.2, -0.15) is 13.2 Å². The van der Waals surface area contributed by atoms with Crippen LogP contribution < -0.4 is 4.90 Å². The van der Waals surface area contributed by atoms with Gasteiger partial charge in [-0.25, -0.2) is 0 Å². The molecule has 0 N–H and O–H groups in total. The van der Waals surface area contributed by atoms with Gasteiger partial charge in [0.15, 0.2) is 0 Å². The standard InChI is InChI=1S/C22H16F3NO2/c23-22(24,25)14-7-4-8-15(11-14)26-20(27)18-13-9-16(12-5-2-1-3-6-12)17(10-13)19(18)21(26)28/h1-9,11,13,17-19H,10H2/t13-,17-,18-,19+/m0/s1. The normalized spacial score (nSPS) is 28.7. The van der Waals surface area contributed by atoms with Crippen LogP contribution in [0.25, 0.3) is 5.57 Å². The van der Waals surface area contributed by atoms with E-state index in [1.165, 1.54) is 12.1 Å². The number of anilines is 1. The number of fused-ring (bicyclic) bond motifs is 5. The molecule has 1 aliphatic heterocycles. The fourth-order valence-corrected chi connectivity index (χ4v) is 5.04. The van der Waals surface area contributed by atoms with Crippen LogP contribution in [0, 0.1) is 23.7 Å². The Balaban J connectivity index is 1.50. The predicted octanol–water partition coefficient (Wildman–Crippen LogP) is 4.54. The van der Waals surface area contributed by atoms with Gasteiger partial charge in [-0.15, -0.1) is 0 Å². The molecular formula is C22H16F3NO2. The van der Waals surface area contributed by atoms with Gasteiger partial charge in [0.2, 0.25) is 11.8 Å². The van der Waals surface area contributed by atoms with Crippen molar-refractivity contribution in [3.05, 3.63) is 71.8 Å². The molecule has 2 aromatic carbocycles. The highest BCUT2D eigenvalue weighted by Gasteiger charge is 2.61. The summed E-state index contributed by atoms with van der Waals surface area (Å²) in [7, 11) is 0. The molecule has 1 heterocycles. The Bertz CT molecular complexity index is 1010. The van der Waals surface area contributed by atoms with E-state index in [1.54, 1.807) is 0 Å². The van der Waals surface area contributed by atoms with Crippen LogP contribution in [0.5, 0.6) is 0 Å². The van der Waals surface area contributed by atoms with Gasteiger partial charge in [-0.1, -0.05) is 42.5 Å². The van der Waals surface area contributed by atoms with Crippen LogP contribution in [0.2, 0.25) is 0 Å². The third-order valence-electron chi connectivity index (χ3n) is 6.15. The smallest absolute Gasteiger partial charge is 0.274 e. The summed E-state index contributed by atoms with van der Waals surface area (Å²) >= 11 is 0. The van der Waals surface area contributed by atoms with E-state index in [-0.39, 0.29) is 29.3 Å². The molecule has 0 spiro atoms. The largest absolute Gasteiger partial charge is 0.416 e. The van der Waals surface area contributed by atoms with Crippen molar-refractivity contribution in [2.24, 2.45) is 23.7 Å². The first-order valence-electron chi connectivity index (χ1n) is 9.18. The third kappa shape index (κ3) is 2.37. The quantitative estimate of drug-likeness (QED) is 0.714. The lowest BCUT2D eigenvalue weighted by Gasteiger charge is -2.22. The van der Waals surface area contributed by atoms with E-state index in [9.17, 15) is 22.8 Å². The number of carbonyl (C=O) groups is 2. The molecule has 2 bridgehead atoms. The van der Waals surface area contributed by atoms with Gasteiger partial charge in [0.1, 0.15) is 0 Å². The van der Waals surface area contributed by atoms with E-state index in [2.05, 4.69) is 6.08 Å². The fraction of sp³-hybridized carbons (Fsp3) is 0.273. The first kappa shape index (κ1) is 17.2. The molecule has 2 aliphatic carbocycles. The molecule has 142 valence electrons. The second kappa shape index (κ2) is 5.80. The molecule has 5 rings (SSSR count). The summed E-state index contributed by atoms with van der Waals surface area (Å²) in [5.41, 5.74) is 1.23. The Hall–Kier alpha value is -2.89. The number of hydrogen-bond donors (Lipinski definition) is 0. The maximum atomic E-state index is 13.1. The summed E-state index contributed by atoms with van der Waals surface area (Å²) in [6.45, 7) is 0. The Morgan fingerprint density at radius 3 is 2.32 bits per heavy atom. The minimum atomic E-state index is -4.53. The van der Waals surface area contributed by atoms with Gasteiger partial charge in [0.05, 0.1) is 23.1 Å². The average molecular weight is 383 g/mol. The van der Waals surface area contributed by atoms with Gasteiger partial charge in [0.25, 0.3) is 0 Å². The number of rotatable bonds is 2. The van der Waals surface area contributed by atoms with E-state index in [4.69, 9.17) is 0 Å². The Morgan fingerprint density at radius 2 is 1.61 bits per heavy atom. The third-order valence-corrected chi connectivity index (χ3v) is 6.15. The van der Waals surface area contributed by atoms with Crippen LogP contribution in [0.3, 0.4) is 0 Å². The Morgan fingerprint density at radius 1 is 0.893 bits per heavy atom. The number of halogens is 3. The summed E-state index contributed by atoms with van der Waals surface area (Å²) in [6.07, 6.45) is -1.71. The van der Waals surface area contributed by atoms with Gasteiger partial charge in [-0.05, 0) is 47.6 Å². The summed E-state index contributed by atoms with van der Waals surface area (Å²) in [5, 5.41) is 0. The second-order valence-corrected chi connectivity index (χ2v) is 7.61. The van der Waals surface area contributed by atoms with Crippen LogP contribution in [0.4, 0.5) is 18.9 Å². The molecule has 4 atom stereocenters. The number of hydrogen-bond acceptors (Lipinski definition) is 2. The van der Waals surface area contributed by atoms with E-state index in [0.29, 0.717) is 0 Å². The van der Waals surface area contributed by atoms with Gasteiger partial charge < -0.3 is 0 Å². The van der Waals surface area contributed by atoms with Crippen LogP contribution in [0.1, 0.15) is 17.5 Å². The highest BCUT2D eigenvalue weighted by Crippen LogP contribution is 2.58. The van der Waals surface area contributed by atoms with E-state index in [0.717, 1.165) is 34.6 Å². The number of allylic oxidation sites excluding steroid dienone is 2. The maximum Gasteiger partial charge on any atom is 0.416 e. The van der Waals surface area contributed by atoms with Crippen molar-refractivity contribution in [1.82, 2.24) is 0 Å². The number of benzene rings is 2. The minimum Gasteiger partial charge on any atom is -0.274 e. The summed E-state index contributed by atoms with van der Waals surface area (Å²) in [5.74, 6) is -1.85. The van der Waals surface area contributed by atoms with Crippen molar-refractivity contribution in [3.63, 3.8) is 0 Å². The number of nitrogens with zero attached hydrogens (tertiary/aromatic N) is 1. The van der Waals surface area contributed by atoms with Crippen LogP contribution in [-0.4, -0.2) is 11.8 Å². The monoisotopic (exact) mass is 383 g/mol. The van der Waals surface area contributed by atoms with Gasteiger partial charge in [0, 0.05) is 0 Å². The number of imide groups is 1. The van der Waals surface area contributed by atoms with Crippen LogP contribution in [-0.2, 0) is 15.8 Å². The zero-order valence-electron chi connectivity index (χ0n) is 14.7. The molecule has 2 fully saturated rings. The molecule has 2 amide bonds. The zero-order valence-corrected chi connectivity index (χ0v) is 14.7.